The minimum atomic E-state index is -0.863. The molecule has 1 amide bonds. The molecule has 0 bridgehead atoms. The Morgan fingerprint density at radius 2 is 1.29 bits per heavy atom. The van der Waals surface area contributed by atoms with E-state index in [9.17, 15) is 39.9 Å². The Kier molecular flexibility index (Phi) is 5.95. The molecular formula is C21H11N5O8S. The summed E-state index contributed by atoms with van der Waals surface area (Å²) in [6.45, 7) is 0. The summed E-state index contributed by atoms with van der Waals surface area (Å²) in [5, 5.41) is 33.5. The van der Waals surface area contributed by atoms with Crippen LogP contribution in [0.1, 0.15) is 20.7 Å². The van der Waals surface area contributed by atoms with Gasteiger partial charge in [-0.2, -0.15) is 4.99 Å². The van der Waals surface area contributed by atoms with Crippen molar-refractivity contribution >= 4 is 51.3 Å². The summed E-state index contributed by atoms with van der Waals surface area (Å²) in [6.07, 6.45) is 0. The van der Waals surface area contributed by atoms with Gasteiger partial charge in [0, 0.05) is 52.9 Å². The Morgan fingerprint density at radius 1 is 0.743 bits per heavy atom. The topological polar surface area (TPSA) is 181 Å². The van der Waals surface area contributed by atoms with E-state index in [1.807, 2.05) is 0 Å². The van der Waals surface area contributed by atoms with Gasteiger partial charge < -0.3 is 0 Å². The third-order valence-electron chi connectivity index (χ3n) is 4.81. The number of carbonyl (C=O) groups is 2. The highest BCUT2D eigenvalue weighted by molar-refractivity contribution is 7.06. The first-order chi connectivity index (χ1) is 16.7. The predicted octanol–water partition coefficient (Wildman–Crippen LogP) is 3.86. The molecular weight excluding hydrogens is 482 g/mol. The van der Waals surface area contributed by atoms with E-state index in [4.69, 9.17) is 0 Å². The summed E-state index contributed by atoms with van der Waals surface area (Å²) in [5.41, 5.74) is -0.885. The molecule has 0 N–H and O–H groups in total. The number of nitro benzene ring substituents is 3. The quantitative estimate of drug-likeness (QED) is 0.297. The lowest BCUT2D eigenvalue weighted by molar-refractivity contribution is -0.385. The van der Waals surface area contributed by atoms with Crippen LogP contribution in [0.2, 0.25) is 0 Å². The standard InChI is InChI=1S/C21H11N5O8S/c27-19(12-3-1-5-14(9-12)24(29)30)22-20-17-11-16(26(33)34)7-8-18(17)23(35-20)21(28)13-4-2-6-15(10-13)25(31)32/h1-11H. The van der Waals surface area contributed by atoms with Gasteiger partial charge >= 0.3 is 0 Å². The number of benzene rings is 3. The van der Waals surface area contributed by atoms with Crippen LogP contribution in [0.4, 0.5) is 17.1 Å². The van der Waals surface area contributed by atoms with Gasteiger partial charge in [-0.3, -0.25) is 39.9 Å². The average molecular weight is 493 g/mol. The zero-order chi connectivity index (χ0) is 25.3. The van der Waals surface area contributed by atoms with E-state index in [1.165, 1.54) is 48.5 Å². The van der Waals surface area contributed by atoms with Crippen molar-refractivity contribution in [2.75, 3.05) is 0 Å². The normalized spacial score (nSPS) is 11.4. The van der Waals surface area contributed by atoms with Crippen molar-refractivity contribution in [3.63, 3.8) is 0 Å². The summed E-state index contributed by atoms with van der Waals surface area (Å²) >= 11 is 0.697. The maximum atomic E-state index is 13.2. The van der Waals surface area contributed by atoms with Gasteiger partial charge in [0.1, 0.15) is 4.67 Å². The Morgan fingerprint density at radius 3 is 1.89 bits per heavy atom. The van der Waals surface area contributed by atoms with E-state index in [0.29, 0.717) is 11.5 Å². The third kappa shape index (κ3) is 4.53. The second-order valence-electron chi connectivity index (χ2n) is 6.99. The fourth-order valence-corrected chi connectivity index (χ4v) is 4.19. The van der Waals surface area contributed by atoms with Crippen molar-refractivity contribution in [1.29, 1.82) is 0 Å². The van der Waals surface area contributed by atoms with Crippen molar-refractivity contribution < 1.29 is 24.4 Å². The van der Waals surface area contributed by atoms with E-state index in [2.05, 4.69) is 4.99 Å². The van der Waals surface area contributed by atoms with Crippen LogP contribution < -0.4 is 4.67 Å². The number of hydrogen-bond acceptors (Lipinski definition) is 9. The van der Waals surface area contributed by atoms with E-state index < -0.39 is 26.6 Å². The molecule has 14 heteroatoms. The first-order valence-corrected chi connectivity index (χ1v) is 10.4. The molecule has 13 nitrogen and oxygen atoms in total. The molecule has 1 aromatic heterocycles. The maximum absolute atomic E-state index is 13.2. The Bertz CT molecular complexity index is 1640. The number of nitro groups is 3. The molecule has 0 aliphatic carbocycles. The van der Waals surface area contributed by atoms with Gasteiger partial charge in [0.25, 0.3) is 28.9 Å². The van der Waals surface area contributed by atoms with Gasteiger partial charge in [0.15, 0.2) is 0 Å². The lowest BCUT2D eigenvalue weighted by Crippen LogP contribution is -2.10. The van der Waals surface area contributed by atoms with Crippen molar-refractivity contribution in [3.05, 3.63) is 113 Å². The second-order valence-corrected chi connectivity index (χ2v) is 7.92. The third-order valence-corrected chi connectivity index (χ3v) is 5.84. The molecule has 0 aliphatic heterocycles. The van der Waals surface area contributed by atoms with Crippen molar-refractivity contribution in [1.82, 2.24) is 3.96 Å². The highest BCUT2D eigenvalue weighted by Crippen LogP contribution is 2.23. The molecule has 0 fully saturated rings. The Labute approximate surface area is 197 Å². The molecule has 3 aromatic carbocycles. The van der Waals surface area contributed by atoms with Crippen LogP contribution in [-0.4, -0.2) is 30.5 Å². The average Bonchev–Trinajstić information content (AvgIpc) is 3.21. The zero-order valence-electron chi connectivity index (χ0n) is 17.3. The number of hydrogen-bond donors (Lipinski definition) is 0. The van der Waals surface area contributed by atoms with Crippen molar-refractivity contribution in [2.24, 2.45) is 4.99 Å². The highest BCUT2D eigenvalue weighted by Gasteiger charge is 2.20. The van der Waals surface area contributed by atoms with E-state index in [1.54, 1.807) is 0 Å². The molecule has 35 heavy (non-hydrogen) atoms. The number of rotatable bonds is 5. The number of aromatic nitrogens is 1. The molecule has 0 spiro atoms. The van der Waals surface area contributed by atoms with E-state index in [0.717, 1.165) is 22.2 Å². The number of carbonyl (C=O) groups excluding carboxylic acids is 2. The van der Waals surface area contributed by atoms with Gasteiger partial charge in [-0.05, 0) is 29.7 Å². The first kappa shape index (κ1) is 23.1. The molecule has 174 valence electrons. The summed E-state index contributed by atoms with van der Waals surface area (Å²) in [4.78, 5) is 61.2. The summed E-state index contributed by atoms with van der Waals surface area (Å²) in [5.74, 6) is -1.54. The molecule has 0 aliphatic rings. The molecule has 0 saturated heterocycles. The first-order valence-electron chi connectivity index (χ1n) is 9.59. The van der Waals surface area contributed by atoms with Crippen LogP contribution >= 0.6 is 11.5 Å². The molecule has 0 unspecified atom stereocenters. The summed E-state index contributed by atoms with van der Waals surface area (Å²) in [6, 6.07) is 13.5. The van der Waals surface area contributed by atoms with Crippen LogP contribution in [0.25, 0.3) is 10.9 Å². The van der Waals surface area contributed by atoms with Gasteiger partial charge in [-0.15, -0.1) is 0 Å². The fourth-order valence-electron chi connectivity index (χ4n) is 3.18. The minimum absolute atomic E-state index is 0.0257. The summed E-state index contributed by atoms with van der Waals surface area (Å²) < 4.78 is 1.05. The predicted molar refractivity (Wildman–Crippen MR) is 122 cm³/mol. The van der Waals surface area contributed by atoms with E-state index >= 15 is 0 Å². The molecule has 0 saturated carbocycles. The monoisotopic (exact) mass is 493 g/mol. The highest BCUT2D eigenvalue weighted by atomic mass is 32.1. The van der Waals surface area contributed by atoms with Gasteiger partial charge in [0.05, 0.1) is 20.3 Å². The lowest BCUT2D eigenvalue weighted by Gasteiger charge is -2.03. The van der Waals surface area contributed by atoms with Gasteiger partial charge in [-0.25, -0.2) is 3.96 Å². The van der Waals surface area contributed by atoms with Crippen LogP contribution in [0, 0.1) is 30.3 Å². The molecule has 0 radical (unpaired) electrons. The smallest absolute Gasteiger partial charge is 0.267 e. The molecule has 4 aromatic rings. The number of nitrogens with zero attached hydrogens (tertiary/aromatic N) is 5. The zero-order valence-corrected chi connectivity index (χ0v) is 18.1. The van der Waals surface area contributed by atoms with Crippen LogP contribution in [-0.2, 0) is 0 Å². The SMILES string of the molecule is O=C(N=c1sn(C(=O)c2cccc([N+](=O)[O-])c2)c2ccc([N+](=O)[O-])cc12)c1cccc([N+](=O)[O-])c1. The Balaban J connectivity index is 1.89. The molecule has 1 heterocycles. The maximum Gasteiger partial charge on any atom is 0.278 e. The summed E-state index contributed by atoms with van der Waals surface area (Å²) in [7, 11) is 0. The number of amides is 1. The van der Waals surface area contributed by atoms with Crippen LogP contribution in [0.15, 0.2) is 71.7 Å². The van der Waals surface area contributed by atoms with Crippen molar-refractivity contribution in [2.45, 2.75) is 0 Å². The van der Waals surface area contributed by atoms with Crippen LogP contribution in [0.5, 0.6) is 0 Å². The largest absolute Gasteiger partial charge is 0.278 e. The van der Waals surface area contributed by atoms with E-state index in [-0.39, 0.29) is 43.8 Å². The van der Waals surface area contributed by atoms with Gasteiger partial charge in [-0.1, -0.05) is 12.1 Å². The Hall–Kier alpha value is -5.11. The van der Waals surface area contributed by atoms with Crippen LogP contribution in [0.3, 0.4) is 0 Å². The number of non-ortho nitro benzene ring substituents is 3. The van der Waals surface area contributed by atoms with Crippen molar-refractivity contribution in [3.8, 4) is 0 Å². The molecule has 0 atom stereocenters. The number of fused-ring (bicyclic) bond motifs is 1. The van der Waals surface area contributed by atoms with Gasteiger partial charge in [0.2, 0.25) is 0 Å². The lowest BCUT2D eigenvalue weighted by atomic mass is 10.2. The fraction of sp³-hybridized carbons (Fsp3) is 0. The minimum Gasteiger partial charge on any atom is -0.267 e. The second kappa shape index (κ2) is 9.03. The molecule has 4 rings (SSSR count).